The fraction of sp³-hybridized carbons (Fsp3) is 0.263. The molecule has 1 saturated heterocycles. The van der Waals surface area contributed by atoms with Crippen molar-refractivity contribution in [2.45, 2.75) is 19.1 Å². The third kappa shape index (κ3) is 2.67. The van der Waals surface area contributed by atoms with Crippen LogP contribution < -0.4 is 9.64 Å². The molecule has 1 heterocycles. The van der Waals surface area contributed by atoms with Gasteiger partial charge < -0.3 is 14.7 Å². The first-order valence-corrected chi connectivity index (χ1v) is 7.79. The zero-order valence-electron chi connectivity index (χ0n) is 13.5. The average molecular weight is 325 g/mol. The molecule has 1 aliphatic heterocycles. The maximum Gasteiger partial charge on any atom is 0.236 e. The fourth-order valence-electron chi connectivity index (χ4n) is 3.07. The molecule has 0 spiro atoms. The van der Waals surface area contributed by atoms with E-state index in [1.807, 2.05) is 6.07 Å². The van der Waals surface area contributed by atoms with Gasteiger partial charge in [-0.1, -0.05) is 30.3 Å². The molecule has 0 aromatic heterocycles. The highest BCUT2D eigenvalue weighted by Gasteiger charge is 2.54. The molecule has 2 aromatic carbocycles. The summed E-state index contributed by atoms with van der Waals surface area (Å²) in [4.78, 5) is 26.8. The van der Waals surface area contributed by atoms with Gasteiger partial charge in [0.1, 0.15) is 11.8 Å². The summed E-state index contributed by atoms with van der Waals surface area (Å²) in [5.41, 5.74) is 1.14. The molecule has 0 unspecified atom stereocenters. The molecule has 1 amide bonds. The molecule has 2 aromatic rings. The van der Waals surface area contributed by atoms with Crippen molar-refractivity contribution in [1.82, 2.24) is 0 Å². The molecule has 0 saturated carbocycles. The Labute approximate surface area is 140 Å². The first-order chi connectivity index (χ1) is 11.5. The predicted octanol–water partition coefficient (Wildman–Crippen LogP) is 2.29. The number of rotatable bonds is 5. The van der Waals surface area contributed by atoms with Gasteiger partial charge in [-0.25, -0.2) is 0 Å². The van der Waals surface area contributed by atoms with E-state index in [1.54, 1.807) is 62.6 Å². The van der Waals surface area contributed by atoms with Crippen molar-refractivity contribution in [1.29, 1.82) is 0 Å². The van der Waals surface area contributed by atoms with Crippen LogP contribution in [0.3, 0.4) is 0 Å². The first-order valence-electron chi connectivity index (χ1n) is 7.79. The quantitative estimate of drug-likeness (QED) is 0.676. The SMILES string of the molecule is COc1ccc(N2C(=O)[C@H]([C@@H](C)O)[C@@H]2C(=O)c2ccccc2)cc1. The summed E-state index contributed by atoms with van der Waals surface area (Å²) in [6.45, 7) is 1.54. The Morgan fingerprint density at radius 1 is 1.12 bits per heavy atom. The highest BCUT2D eigenvalue weighted by Crippen LogP contribution is 2.37. The number of hydrogen-bond donors (Lipinski definition) is 1. The number of aliphatic hydroxyl groups excluding tert-OH is 1. The summed E-state index contributed by atoms with van der Waals surface area (Å²) < 4.78 is 5.12. The van der Waals surface area contributed by atoms with E-state index in [9.17, 15) is 14.7 Å². The van der Waals surface area contributed by atoms with Gasteiger partial charge in [-0.2, -0.15) is 0 Å². The van der Waals surface area contributed by atoms with E-state index in [0.717, 1.165) is 0 Å². The topological polar surface area (TPSA) is 66.8 Å². The van der Waals surface area contributed by atoms with Crippen LogP contribution in [0.5, 0.6) is 5.75 Å². The molecule has 0 bridgehead atoms. The number of carbonyl (C=O) groups is 2. The number of β-lactam (4-membered cyclic amide) rings is 1. The van der Waals surface area contributed by atoms with E-state index >= 15 is 0 Å². The van der Waals surface area contributed by atoms with E-state index in [2.05, 4.69) is 0 Å². The van der Waals surface area contributed by atoms with Gasteiger partial charge in [0, 0.05) is 11.3 Å². The van der Waals surface area contributed by atoms with Crippen molar-refractivity contribution in [3.63, 3.8) is 0 Å². The van der Waals surface area contributed by atoms with E-state index in [-0.39, 0.29) is 11.7 Å². The molecular weight excluding hydrogens is 306 g/mol. The number of anilines is 1. The number of ketones is 1. The van der Waals surface area contributed by atoms with Crippen LogP contribution in [0, 0.1) is 5.92 Å². The second-order valence-electron chi connectivity index (χ2n) is 5.85. The van der Waals surface area contributed by atoms with E-state index in [4.69, 9.17) is 4.74 Å². The van der Waals surface area contributed by atoms with E-state index in [1.165, 1.54) is 4.90 Å². The van der Waals surface area contributed by atoms with Crippen LogP contribution in [0.1, 0.15) is 17.3 Å². The Bertz CT molecular complexity index is 740. The van der Waals surface area contributed by atoms with Crippen LogP contribution >= 0.6 is 0 Å². The highest BCUT2D eigenvalue weighted by atomic mass is 16.5. The zero-order valence-corrected chi connectivity index (χ0v) is 13.5. The fourth-order valence-corrected chi connectivity index (χ4v) is 3.07. The van der Waals surface area contributed by atoms with Crippen molar-refractivity contribution in [2.24, 2.45) is 5.92 Å². The second kappa shape index (κ2) is 6.45. The van der Waals surface area contributed by atoms with Gasteiger partial charge in [-0.15, -0.1) is 0 Å². The number of benzene rings is 2. The molecule has 0 radical (unpaired) electrons. The van der Waals surface area contributed by atoms with Gasteiger partial charge >= 0.3 is 0 Å². The normalized spacial score (nSPS) is 21.1. The standard InChI is InChI=1S/C19H19NO4/c1-12(21)16-17(18(22)13-6-4-3-5-7-13)20(19(16)23)14-8-10-15(24-2)11-9-14/h3-12,16-17,21H,1-2H3/t12-,16-,17-/m1/s1. The monoisotopic (exact) mass is 325 g/mol. The largest absolute Gasteiger partial charge is 0.497 e. The molecule has 1 aliphatic rings. The Kier molecular flexibility index (Phi) is 4.36. The first kappa shape index (κ1) is 16.2. The lowest BCUT2D eigenvalue weighted by atomic mass is 9.78. The van der Waals surface area contributed by atoms with Crippen molar-refractivity contribution in [3.05, 3.63) is 60.2 Å². The molecule has 0 aliphatic carbocycles. The number of amides is 1. The smallest absolute Gasteiger partial charge is 0.236 e. The molecule has 1 fully saturated rings. The number of Topliss-reactive ketones (excluding diaryl/α,β-unsaturated/α-hetero) is 1. The molecule has 3 rings (SSSR count). The van der Waals surface area contributed by atoms with Gasteiger partial charge in [0.15, 0.2) is 5.78 Å². The number of aliphatic hydroxyl groups is 1. The minimum absolute atomic E-state index is 0.170. The van der Waals surface area contributed by atoms with E-state index in [0.29, 0.717) is 17.0 Å². The molecule has 124 valence electrons. The minimum atomic E-state index is -0.885. The Morgan fingerprint density at radius 2 is 1.75 bits per heavy atom. The maximum absolute atomic E-state index is 12.9. The number of methoxy groups -OCH3 is 1. The van der Waals surface area contributed by atoms with Crippen molar-refractivity contribution in [2.75, 3.05) is 12.0 Å². The van der Waals surface area contributed by atoms with Crippen LogP contribution in [0.2, 0.25) is 0 Å². The Balaban J connectivity index is 1.95. The molecule has 1 N–H and O–H groups in total. The van der Waals surface area contributed by atoms with Gasteiger partial charge in [0.05, 0.1) is 19.1 Å². The van der Waals surface area contributed by atoms with E-state index < -0.39 is 18.1 Å². The average Bonchev–Trinajstić information content (AvgIpc) is 2.60. The number of hydrogen-bond acceptors (Lipinski definition) is 4. The minimum Gasteiger partial charge on any atom is -0.497 e. The third-order valence-electron chi connectivity index (χ3n) is 4.34. The summed E-state index contributed by atoms with van der Waals surface area (Å²) in [7, 11) is 1.56. The van der Waals surface area contributed by atoms with Crippen LogP contribution in [0.4, 0.5) is 5.69 Å². The maximum atomic E-state index is 12.9. The van der Waals surface area contributed by atoms with Crippen molar-refractivity contribution >= 4 is 17.4 Å². The number of nitrogens with zero attached hydrogens (tertiary/aromatic N) is 1. The second-order valence-corrected chi connectivity index (χ2v) is 5.85. The summed E-state index contributed by atoms with van der Waals surface area (Å²) in [5, 5.41) is 9.94. The molecule has 5 nitrogen and oxygen atoms in total. The predicted molar refractivity (Wildman–Crippen MR) is 90.2 cm³/mol. The molecule has 24 heavy (non-hydrogen) atoms. The summed E-state index contributed by atoms with van der Waals surface area (Å²) in [6.07, 6.45) is -0.885. The zero-order chi connectivity index (χ0) is 17.3. The van der Waals surface area contributed by atoms with Crippen molar-refractivity contribution in [3.8, 4) is 5.75 Å². The van der Waals surface area contributed by atoms with Crippen LogP contribution in [-0.4, -0.2) is 36.1 Å². The Morgan fingerprint density at radius 3 is 2.29 bits per heavy atom. The van der Waals surface area contributed by atoms with Gasteiger partial charge in [0.25, 0.3) is 0 Å². The lowest BCUT2D eigenvalue weighted by Gasteiger charge is -2.47. The van der Waals surface area contributed by atoms with Gasteiger partial charge in [0.2, 0.25) is 5.91 Å². The third-order valence-corrected chi connectivity index (χ3v) is 4.34. The summed E-state index contributed by atoms with van der Waals surface area (Å²) in [6, 6.07) is 15.1. The van der Waals surface area contributed by atoms with Gasteiger partial charge in [-0.05, 0) is 31.2 Å². The van der Waals surface area contributed by atoms with Gasteiger partial charge in [-0.3, -0.25) is 9.59 Å². The number of ether oxygens (including phenoxy) is 1. The lowest BCUT2D eigenvalue weighted by Crippen LogP contribution is -2.67. The summed E-state index contributed by atoms with van der Waals surface area (Å²) in [5.74, 6) is -0.467. The van der Waals surface area contributed by atoms with Crippen molar-refractivity contribution < 1.29 is 19.4 Å². The lowest BCUT2D eigenvalue weighted by molar-refractivity contribution is -0.133. The molecular formula is C19H19NO4. The van der Waals surface area contributed by atoms with Crippen LogP contribution in [-0.2, 0) is 4.79 Å². The Hall–Kier alpha value is -2.66. The number of carbonyl (C=O) groups excluding carboxylic acids is 2. The molecule has 5 heteroatoms. The summed E-state index contributed by atoms with van der Waals surface area (Å²) >= 11 is 0. The van der Waals surface area contributed by atoms with Crippen LogP contribution in [0.15, 0.2) is 54.6 Å². The highest BCUT2D eigenvalue weighted by molar-refractivity contribution is 6.17. The molecule has 3 atom stereocenters. The van der Waals surface area contributed by atoms with Crippen LogP contribution in [0.25, 0.3) is 0 Å².